The molecule has 0 unspecified atom stereocenters. The molecule has 1 heterocycles. The van der Waals surface area contributed by atoms with Crippen molar-refractivity contribution in [3.05, 3.63) is 41.6 Å². The van der Waals surface area contributed by atoms with E-state index in [0.29, 0.717) is 11.8 Å². The molecule has 108 valence electrons. The van der Waals surface area contributed by atoms with Gasteiger partial charge in [0.05, 0.1) is 0 Å². The largest absolute Gasteiger partial charge is 0.356 e. The van der Waals surface area contributed by atoms with Crippen LogP contribution in [0, 0.1) is 5.92 Å². The van der Waals surface area contributed by atoms with Gasteiger partial charge in [-0.05, 0) is 18.4 Å². The number of aromatic nitrogens is 1. The van der Waals surface area contributed by atoms with Crippen LogP contribution in [0.5, 0.6) is 0 Å². The van der Waals surface area contributed by atoms with E-state index >= 15 is 0 Å². The molecule has 0 atom stereocenters. The average Bonchev–Trinajstić information content (AvgIpc) is 2.83. The smallest absolute Gasteiger partial charge is 0.170 e. The minimum Gasteiger partial charge on any atom is -0.356 e. The summed E-state index contributed by atoms with van der Waals surface area (Å²) in [6.07, 6.45) is 0. The first kappa shape index (κ1) is 14.8. The maximum atomic E-state index is 5.61. The van der Waals surface area contributed by atoms with Gasteiger partial charge < -0.3 is 9.84 Å². The van der Waals surface area contributed by atoms with E-state index in [-0.39, 0.29) is 0 Å². The van der Waals surface area contributed by atoms with Gasteiger partial charge in [-0.2, -0.15) is 0 Å². The van der Waals surface area contributed by atoms with Gasteiger partial charge in [-0.3, -0.25) is 0 Å². The summed E-state index contributed by atoms with van der Waals surface area (Å²) in [5.74, 6) is 1.94. The van der Waals surface area contributed by atoms with E-state index in [1.165, 1.54) is 5.56 Å². The molecule has 0 spiro atoms. The quantitative estimate of drug-likeness (QED) is 0.856. The molecular formula is C17H24N2O. The van der Waals surface area contributed by atoms with Crippen LogP contribution in [-0.2, 0) is 6.54 Å². The van der Waals surface area contributed by atoms with Gasteiger partial charge in [0.2, 0.25) is 0 Å². The lowest BCUT2D eigenvalue weighted by molar-refractivity contribution is 0.417. The van der Waals surface area contributed by atoms with Gasteiger partial charge in [0.25, 0.3) is 0 Å². The first-order chi connectivity index (χ1) is 9.59. The molecule has 0 saturated heterocycles. The number of hydrogen-bond acceptors (Lipinski definition) is 3. The zero-order chi connectivity index (χ0) is 14.5. The number of benzene rings is 1. The van der Waals surface area contributed by atoms with E-state index in [0.717, 1.165) is 30.1 Å². The van der Waals surface area contributed by atoms with Gasteiger partial charge in [-0.25, -0.2) is 0 Å². The average molecular weight is 272 g/mol. The topological polar surface area (TPSA) is 38.1 Å². The molecule has 0 amide bonds. The minimum atomic E-state index is 0.396. The minimum absolute atomic E-state index is 0.396. The van der Waals surface area contributed by atoms with Crippen LogP contribution in [0.25, 0.3) is 11.3 Å². The molecule has 1 aromatic heterocycles. The third-order valence-electron chi connectivity index (χ3n) is 3.26. The molecule has 3 heteroatoms. The Morgan fingerprint density at radius 2 is 1.80 bits per heavy atom. The van der Waals surface area contributed by atoms with Crippen molar-refractivity contribution >= 4 is 0 Å². The van der Waals surface area contributed by atoms with E-state index in [1.807, 2.05) is 18.2 Å². The van der Waals surface area contributed by atoms with E-state index in [2.05, 4.69) is 50.3 Å². The highest BCUT2D eigenvalue weighted by molar-refractivity contribution is 5.62. The molecule has 3 nitrogen and oxygen atoms in total. The Labute approximate surface area is 121 Å². The molecule has 0 fully saturated rings. The van der Waals surface area contributed by atoms with Crippen molar-refractivity contribution in [3.8, 4) is 11.3 Å². The molecule has 1 aromatic carbocycles. The Hall–Kier alpha value is -1.61. The maximum Gasteiger partial charge on any atom is 0.170 e. The predicted octanol–water partition coefficient (Wildman–Crippen LogP) is 4.21. The molecule has 0 radical (unpaired) electrons. The van der Waals surface area contributed by atoms with Gasteiger partial charge in [0.1, 0.15) is 5.69 Å². The second-order valence-electron chi connectivity index (χ2n) is 5.92. The van der Waals surface area contributed by atoms with Crippen LogP contribution < -0.4 is 5.32 Å². The summed E-state index contributed by atoms with van der Waals surface area (Å²) in [4.78, 5) is 0. The molecule has 2 rings (SSSR count). The van der Waals surface area contributed by atoms with E-state index in [9.17, 15) is 0 Å². The maximum absolute atomic E-state index is 5.61. The molecule has 0 saturated carbocycles. The Morgan fingerprint density at radius 3 is 2.40 bits per heavy atom. The molecule has 0 aliphatic rings. The molecular weight excluding hydrogens is 248 g/mol. The highest BCUT2D eigenvalue weighted by Gasteiger charge is 2.19. The van der Waals surface area contributed by atoms with Crippen LogP contribution in [0.4, 0.5) is 0 Å². The fraction of sp³-hybridized carbons (Fsp3) is 0.471. The van der Waals surface area contributed by atoms with Crippen LogP contribution in [0.3, 0.4) is 0 Å². The van der Waals surface area contributed by atoms with Crippen LogP contribution in [-0.4, -0.2) is 11.7 Å². The Kier molecular flexibility index (Phi) is 4.96. The number of nitrogens with one attached hydrogen (secondary N) is 1. The summed E-state index contributed by atoms with van der Waals surface area (Å²) in [6.45, 7) is 10.5. The van der Waals surface area contributed by atoms with Crippen molar-refractivity contribution in [2.45, 2.75) is 40.2 Å². The number of hydrogen-bond donors (Lipinski definition) is 1. The van der Waals surface area contributed by atoms with Gasteiger partial charge in [-0.1, -0.05) is 63.2 Å². The lowest BCUT2D eigenvalue weighted by Crippen LogP contribution is -2.20. The second kappa shape index (κ2) is 6.71. The lowest BCUT2D eigenvalue weighted by Gasteiger charge is -2.09. The third kappa shape index (κ3) is 3.48. The van der Waals surface area contributed by atoms with Crippen molar-refractivity contribution in [1.29, 1.82) is 0 Å². The first-order valence-electron chi connectivity index (χ1n) is 7.34. The predicted molar refractivity (Wildman–Crippen MR) is 82.6 cm³/mol. The molecule has 0 aliphatic heterocycles. The fourth-order valence-electron chi connectivity index (χ4n) is 2.33. The Balaban J connectivity index is 2.24. The van der Waals surface area contributed by atoms with E-state index < -0.39 is 0 Å². The summed E-state index contributed by atoms with van der Waals surface area (Å²) in [6, 6.07) is 10.2. The van der Waals surface area contributed by atoms with Gasteiger partial charge in [-0.15, -0.1) is 0 Å². The van der Waals surface area contributed by atoms with Gasteiger partial charge in [0.15, 0.2) is 5.76 Å². The fourth-order valence-corrected chi connectivity index (χ4v) is 2.33. The molecule has 0 aliphatic carbocycles. The summed E-state index contributed by atoms with van der Waals surface area (Å²) in [7, 11) is 0. The zero-order valence-corrected chi connectivity index (χ0v) is 12.8. The van der Waals surface area contributed by atoms with Crippen LogP contribution in [0.1, 0.15) is 44.9 Å². The standard InChI is InChI=1S/C17H24N2O/c1-12(2)10-18-11-15-16(13(3)4)17(20-19-15)14-8-6-5-7-9-14/h5-9,12-13,18H,10-11H2,1-4H3. The van der Waals surface area contributed by atoms with Crippen molar-refractivity contribution in [2.75, 3.05) is 6.54 Å². The van der Waals surface area contributed by atoms with Crippen molar-refractivity contribution < 1.29 is 4.52 Å². The van der Waals surface area contributed by atoms with Gasteiger partial charge in [0, 0.05) is 17.7 Å². The number of nitrogens with zero attached hydrogens (tertiary/aromatic N) is 1. The summed E-state index contributed by atoms with van der Waals surface area (Å²) in [5, 5.41) is 7.71. The number of rotatable bonds is 6. The van der Waals surface area contributed by atoms with Crippen LogP contribution >= 0.6 is 0 Å². The Bertz CT molecular complexity index is 529. The molecule has 20 heavy (non-hydrogen) atoms. The van der Waals surface area contributed by atoms with Crippen molar-refractivity contribution in [2.24, 2.45) is 5.92 Å². The van der Waals surface area contributed by atoms with Crippen LogP contribution in [0.2, 0.25) is 0 Å². The summed E-state index contributed by atoms with van der Waals surface area (Å²) >= 11 is 0. The monoisotopic (exact) mass is 272 g/mol. The van der Waals surface area contributed by atoms with E-state index in [1.54, 1.807) is 0 Å². The SMILES string of the molecule is CC(C)CNCc1noc(-c2ccccc2)c1C(C)C. The van der Waals surface area contributed by atoms with Gasteiger partial charge >= 0.3 is 0 Å². The first-order valence-corrected chi connectivity index (χ1v) is 7.34. The lowest BCUT2D eigenvalue weighted by atomic mass is 9.97. The van der Waals surface area contributed by atoms with E-state index in [4.69, 9.17) is 4.52 Å². The van der Waals surface area contributed by atoms with Crippen molar-refractivity contribution in [3.63, 3.8) is 0 Å². The Morgan fingerprint density at radius 1 is 1.10 bits per heavy atom. The molecule has 2 aromatic rings. The molecule has 1 N–H and O–H groups in total. The van der Waals surface area contributed by atoms with Crippen molar-refractivity contribution in [1.82, 2.24) is 10.5 Å². The second-order valence-corrected chi connectivity index (χ2v) is 5.92. The highest BCUT2D eigenvalue weighted by Crippen LogP contribution is 2.31. The highest BCUT2D eigenvalue weighted by atomic mass is 16.5. The summed E-state index contributed by atoms with van der Waals surface area (Å²) in [5.41, 5.74) is 3.34. The summed E-state index contributed by atoms with van der Waals surface area (Å²) < 4.78 is 5.61. The zero-order valence-electron chi connectivity index (χ0n) is 12.8. The van der Waals surface area contributed by atoms with Crippen LogP contribution in [0.15, 0.2) is 34.9 Å². The molecule has 0 bridgehead atoms. The third-order valence-corrected chi connectivity index (χ3v) is 3.26. The normalized spacial score (nSPS) is 11.5.